The van der Waals surface area contributed by atoms with E-state index in [-0.39, 0.29) is 0 Å². The zero-order valence-electron chi connectivity index (χ0n) is 11.6. The Bertz CT molecular complexity index is 596. The fourth-order valence-corrected chi connectivity index (χ4v) is 3.46. The molecule has 20 heavy (non-hydrogen) atoms. The molecule has 0 amide bonds. The second kappa shape index (κ2) is 7.03. The summed E-state index contributed by atoms with van der Waals surface area (Å²) in [6.07, 6.45) is 0. The van der Waals surface area contributed by atoms with Gasteiger partial charge in [-0.25, -0.2) is 0 Å². The summed E-state index contributed by atoms with van der Waals surface area (Å²) in [6.45, 7) is 6.26. The number of rotatable bonds is 5. The number of hydrogen-bond acceptors (Lipinski definition) is 3. The molecule has 0 unspecified atom stereocenters. The predicted molar refractivity (Wildman–Crippen MR) is 87.6 cm³/mol. The van der Waals surface area contributed by atoms with Crippen LogP contribution in [0.15, 0.2) is 40.2 Å². The second-order valence-electron chi connectivity index (χ2n) is 5.00. The Morgan fingerprint density at radius 1 is 1.20 bits per heavy atom. The average Bonchev–Trinajstić information content (AvgIpc) is 2.84. The molecule has 0 aliphatic rings. The molecule has 1 heterocycles. The number of benzene rings is 1. The maximum atomic E-state index is 8.84. The van der Waals surface area contributed by atoms with Crippen molar-refractivity contribution in [3.63, 3.8) is 0 Å². The van der Waals surface area contributed by atoms with Crippen LogP contribution in [-0.4, -0.2) is 10.9 Å². The van der Waals surface area contributed by atoms with Gasteiger partial charge in [-0.05, 0) is 58.9 Å². The van der Waals surface area contributed by atoms with Gasteiger partial charge in [0.25, 0.3) is 0 Å². The minimum Gasteiger partial charge on any atom is -0.292 e. The summed E-state index contributed by atoms with van der Waals surface area (Å²) < 4.78 is 1.19. The van der Waals surface area contributed by atoms with Gasteiger partial charge in [-0.3, -0.25) is 4.90 Å². The Morgan fingerprint density at radius 3 is 2.40 bits per heavy atom. The molecular weight excluding hydrogens is 332 g/mol. The van der Waals surface area contributed by atoms with Gasteiger partial charge in [0.15, 0.2) is 0 Å². The third-order valence-corrected chi connectivity index (χ3v) is 5.15. The monoisotopic (exact) mass is 348 g/mol. The van der Waals surface area contributed by atoms with E-state index in [1.54, 1.807) is 11.3 Å². The summed E-state index contributed by atoms with van der Waals surface area (Å²) in [5.74, 6) is 0. The molecule has 0 aliphatic carbocycles. The number of thiophene rings is 1. The van der Waals surface area contributed by atoms with Crippen molar-refractivity contribution in [2.45, 2.75) is 33.0 Å². The first-order chi connectivity index (χ1) is 9.60. The van der Waals surface area contributed by atoms with E-state index in [2.05, 4.69) is 52.2 Å². The molecule has 0 saturated carbocycles. The molecule has 2 aromatic rings. The highest BCUT2D eigenvalue weighted by atomic mass is 79.9. The SMILES string of the molecule is CC(C)N(Cc1ccc(C#N)cc1)Cc1sccc1Br. The smallest absolute Gasteiger partial charge is 0.0991 e. The molecule has 1 aromatic carbocycles. The van der Waals surface area contributed by atoms with Crippen molar-refractivity contribution in [2.75, 3.05) is 0 Å². The van der Waals surface area contributed by atoms with Crippen LogP contribution in [0.4, 0.5) is 0 Å². The third-order valence-electron chi connectivity index (χ3n) is 3.24. The maximum absolute atomic E-state index is 8.84. The summed E-state index contributed by atoms with van der Waals surface area (Å²) in [5.41, 5.74) is 1.95. The third kappa shape index (κ3) is 3.92. The normalized spacial score (nSPS) is 11.0. The lowest BCUT2D eigenvalue weighted by Crippen LogP contribution is -2.29. The molecule has 0 bridgehead atoms. The topological polar surface area (TPSA) is 27.0 Å². The van der Waals surface area contributed by atoms with Crippen LogP contribution < -0.4 is 0 Å². The van der Waals surface area contributed by atoms with Crippen LogP contribution >= 0.6 is 27.3 Å². The Hall–Kier alpha value is -1.15. The quantitative estimate of drug-likeness (QED) is 0.776. The van der Waals surface area contributed by atoms with Gasteiger partial charge >= 0.3 is 0 Å². The molecule has 2 rings (SSSR count). The largest absolute Gasteiger partial charge is 0.292 e. The zero-order chi connectivity index (χ0) is 14.5. The number of nitriles is 1. The molecule has 0 atom stereocenters. The number of hydrogen-bond donors (Lipinski definition) is 0. The van der Waals surface area contributed by atoms with Gasteiger partial charge in [-0.15, -0.1) is 11.3 Å². The van der Waals surface area contributed by atoms with Crippen molar-refractivity contribution in [1.29, 1.82) is 5.26 Å². The molecule has 2 nitrogen and oxygen atoms in total. The summed E-state index contributed by atoms with van der Waals surface area (Å²) in [7, 11) is 0. The van der Waals surface area contributed by atoms with Crippen molar-refractivity contribution in [1.82, 2.24) is 4.90 Å². The van der Waals surface area contributed by atoms with Crippen LogP contribution in [0, 0.1) is 11.3 Å². The van der Waals surface area contributed by atoms with Crippen molar-refractivity contribution < 1.29 is 0 Å². The summed E-state index contributed by atoms with van der Waals surface area (Å²) in [5, 5.41) is 10.9. The lowest BCUT2D eigenvalue weighted by atomic mass is 10.1. The molecule has 0 fully saturated rings. The van der Waals surface area contributed by atoms with Crippen LogP contribution in [0.25, 0.3) is 0 Å². The van der Waals surface area contributed by atoms with E-state index in [1.165, 1.54) is 14.9 Å². The molecule has 104 valence electrons. The molecular formula is C16H17BrN2S. The van der Waals surface area contributed by atoms with Crippen molar-refractivity contribution in [3.05, 3.63) is 56.2 Å². The predicted octanol–water partition coefficient (Wildman–Crippen LogP) is 4.79. The van der Waals surface area contributed by atoms with Crippen LogP contribution in [0.3, 0.4) is 0 Å². The van der Waals surface area contributed by atoms with Gasteiger partial charge < -0.3 is 0 Å². The molecule has 0 aliphatic heterocycles. The summed E-state index contributed by atoms with van der Waals surface area (Å²) in [6, 6.07) is 12.6. The lowest BCUT2D eigenvalue weighted by molar-refractivity contribution is 0.205. The first-order valence-electron chi connectivity index (χ1n) is 6.55. The molecule has 1 aromatic heterocycles. The summed E-state index contributed by atoms with van der Waals surface area (Å²) >= 11 is 5.38. The maximum Gasteiger partial charge on any atom is 0.0991 e. The van der Waals surface area contributed by atoms with E-state index in [4.69, 9.17) is 5.26 Å². The van der Waals surface area contributed by atoms with Crippen LogP contribution in [0.5, 0.6) is 0 Å². The van der Waals surface area contributed by atoms with Gasteiger partial charge in [-0.1, -0.05) is 12.1 Å². The lowest BCUT2D eigenvalue weighted by Gasteiger charge is -2.26. The van der Waals surface area contributed by atoms with Gasteiger partial charge in [-0.2, -0.15) is 5.26 Å². The van der Waals surface area contributed by atoms with E-state index >= 15 is 0 Å². The van der Waals surface area contributed by atoms with Gasteiger partial charge in [0, 0.05) is 28.5 Å². The molecule has 0 N–H and O–H groups in total. The fraction of sp³-hybridized carbons (Fsp3) is 0.312. The first kappa shape index (κ1) is 15.2. The zero-order valence-corrected chi connectivity index (χ0v) is 14.0. The van der Waals surface area contributed by atoms with Crippen molar-refractivity contribution >= 4 is 27.3 Å². The first-order valence-corrected chi connectivity index (χ1v) is 8.22. The minimum atomic E-state index is 0.472. The van der Waals surface area contributed by atoms with Crippen molar-refractivity contribution in [2.24, 2.45) is 0 Å². The molecule has 0 saturated heterocycles. The highest BCUT2D eigenvalue weighted by Crippen LogP contribution is 2.25. The second-order valence-corrected chi connectivity index (χ2v) is 6.85. The van der Waals surface area contributed by atoms with E-state index in [1.807, 2.05) is 24.3 Å². The standard InChI is InChI=1S/C16H17BrN2S/c1-12(2)19(11-16-15(17)7-8-20-16)10-14-5-3-13(9-18)4-6-14/h3-8,12H,10-11H2,1-2H3. The van der Waals surface area contributed by atoms with Gasteiger partial charge in [0.05, 0.1) is 11.6 Å². The Kier molecular flexibility index (Phi) is 5.36. The molecule has 0 radical (unpaired) electrons. The molecule has 0 spiro atoms. The summed E-state index contributed by atoms with van der Waals surface area (Å²) in [4.78, 5) is 3.78. The van der Waals surface area contributed by atoms with Gasteiger partial charge in [0.2, 0.25) is 0 Å². The minimum absolute atomic E-state index is 0.472. The number of nitrogens with zero attached hydrogens (tertiary/aromatic N) is 2. The Balaban J connectivity index is 2.09. The van der Waals surface area contributed by atoms with E-state index in [0.29, 0.717) is 11.6 Å². The highest BCUT2D eigenvalue weighted by Gasteiger charge is 2.13. The van der Waals surface area contributed by atoms with Crippen LogP contribution in [0.2, 0.25) is 0 Å². The Labute approximate surface area is 132 Å². The highest BCUT2D eigenvalue weighted by molar-refractivity contribution is 9.10. The average molecular weight is 349 g/mol. The van der Waals surface area contributed by atoms with E-state index < -0.39 is 0 Å². The number of halogens is 1. The van der Waals surface area contributed by atoms with Crippen LogP contribution in [-0.2, 0) is 13.1 Å². The molecule has 4 heteroatoms. The van der Waals surface area contributed by atoms with Crippen molar-refractivity contribution in [3.8, 4) is 6.07 Å². The van der Waals surface area contributed by atoms with E-state index in [9.17, 15) is 0 Å². The van der Waals surface area contributed by atoms with E-state index in [0.717, 1.165) is 13.1 Å². The van der Waals surface area contributed by atoms with Gasteiger partial charge in [0.1, 0.15) is 0 Å². The fourth-order valence-electron chi connectivity index (χ4n) is 1.96. The Morgan fingerprint density at radius 2 is 1.90 bits per heavy atom. The van der Waals surface area contributed by atoms with Crippen LogP contribution in [0.1, 0.15) is 29.9 Å².